The summed E-state index contributed by atoms with van der Waals surface area (Å²) in [6.45, 7) is 5.37. The molecule has 0 saturated carbocycles. The summed E-state index contributed by atoms with van der Waals surface area (Å²) in [5, 5.41) is 12.5. The Morgan fingerprint density at radius 1 is 1.43 bits per heavy atom. The van der Waals surface area contributed by atoms with Crippen molar-refractivity contribution in [1.82, 2.24) is 10.3 Å². The first-order valence-corrected chi connectivity index (χ1v) is 6.76. The highest BCUT2D eigenvalue weighted by molar-refractivity contribution is 6.08. The topological polar surface area (TPSA) is 82.2 Å². The minimum atomic E-state index is -1.04. The number of aromatic amines is 1. The number of carboxylic acids is 1. The number of carbonyl (C=O) groups excluding carboxylic acids is 1. The Bertz CT molecular complexity index is 688. The first-order chi connectivity index (χ1) is 10.0. The molecule has 1 unspecified atom stereocenters. The lowest BCUT2D eigenvalue weighted by Gasteiger charge is -2.13. The van der Waals surface area contributed by atoms with E-state index in [4.69, 9.17) is 0 Å². The summed E-state index contributed by atoms with van der Waals surface area (Å²) in [7, 11) is 0. The molecule has 0 spiro atoms. The number of para-hydroxylation sites is 1. The SMILES string of the molecule is C=CCCC(NC(=O)c1c(C)[nH]c2ccccc12)C(=O)O. The van der Waals surface area contributed by atoms with Gasteiger partial charge in [-0.05, 0) is 25.8 Å². The Hall–Kier alpha value is -2.56. The van der Waals surface area contributed by atoms with Gasteiger partial charge in [-0.25, -0.2) is 4.79 Å². The number of benzene rings is 1. The van der Waals surface area contributed by atoms with Crippen molar-refractivity contribution >= 4 is 22.8 Å². The number of hydrogen-bond acceptors (Lipinski definition) is 2. The molecule has 1 heterocycles. The monoisotopic (exact) mass is 286 g/mol. The number of aromatic nitrogens is 1. The van der Waals surface area contributed by atoms with Gasteiger partial charge in [-0.1, -0.05) is 24.3 Å². The van der Waals surface area contributed by atoms with E-state index in [9.17, 15) is 14.7 Å². The van der Waals surface area contributed by atoms with Gasteiger partial charge in [-0.15, -0.1) is 6.58 Å². The number of amides is 1. The van der Waals surface area contributed by atoms with Crippen LogP contribution in [0.4, 0.5) is 0 Å². The number of nitrogens with one attached hydrogen (secondary N) is 2. The van der Waals surface area contributed by atoms with Crippen LogP contribution < -0.4 is 5.32 Å². The maximum absolute atomic E-state index is 12.4. The lowest BCUT2D eigenvalue weighted by atomic mass is 10.1. The molecular formula is C16H18N2O3. The smallest absolute Gasteiger partial charge is 0.326 e. The summed E-state index contributed by atoms with van der Waals surface area (Å²) < 4.78 is 0. The van der Waals surface area contributed by atoms with Crippen molar-refractivity contribution in [3.63, 3.8) is 0 Å². The summed E-state index contributed by atoms with van der Waals surface area (Å²) in [5.74, 6) is -1.41. The molecule has 0 radical (unpaired) electrons. The number of aryl methyl sites for hydroxylation is 1. The van der Waals surface area contributed by atoms with Crippen LogP contribution in [-0.2, 0) is 4.79 Å². The maximum Gasteiger partial charge on any atom is 0.326 e. The lowest BCUT2D eigenvalue weighted by Crippen LogP contribution is -2.40. The van der Waals surface area contributed by atoms with Crippen LogP contribution in [0, 0.1) is 6.92 Å². The Morgan fingerprint density at radius 2 is 2.14 bits per heavy atom. The fourth-order valence-corrected chi connectivity index (χ4v) is 2.34. The molecule has 110 valence electrons. The summed E-state index contributed by atoms with van der Waals surface area (Å²) in [6, 6.07) is 6.53. The number of aliphatic carboxylic acids is 1. The predicted molar refractivity (Wildman–Crippen MR) is 81.4 cm³/mol. The minimum absolute atomic E-state index is 0.325. The van der Waals surface area contributed by atoms with Crippen molar-refractivity contribution in [2.24, 2.45) is 0 Å². The average molecular weight is 286 g/mol. The van der Waals surface area contributed by atoms with Gasteiger partial charge in [-0.3, -0.25) is 4.79 Å². The van der Waals surface area contributed by atoms with Crippen LogP contribution in [0.5, 0.6) is 0 Å². The van der Waals surface area contributed by atoms with Crippen molar-refractivity contribution in [1.29, 1.82) is 0 Å². The summed E-state index contributed by atoms with van der Waals surface area (Å²) in [6.07, 6.45) is 2.50. The summed E-state index contributed by atoms with van der Waals surface area (Å²) in [5.41, 5.74) is 2.08. The van der Waals surface area contributed by atoms with Crippen LogP contribution in [0.3, 0.4) is 0 Å². The van der Waals surface area contributed by atoms with Gasteiger partial charge in [0.1, 0.15) is 6.04 Å². The largest absolute Gasteiger partial charge is 0.480 e. The van der Waals surface area contributed by atoms with E-state index in [2.05, 4.69) is 16.9 Å². The molecule has 1 aromatic heterocycles. The first-order valence-electron chi connectivity index (χ1n) is 6.76. The molecule has 0 bridgehead atoms. The van der Waals surface area contributed by atoms with Gasteiger partial charge >= 0.3 is 5.97 Å². The Morgan fingerprint density at radius 3 is 2.81 bits per heavy atom. The van der Waals surface area contributed by atoms with E-state index in [1.807, 2.05) is 24.3 Å². The van der Waals surface area contributed by atoms with Gasteiger partial charge in [0.2, 0.25) is 0 Å². The number of carboxylic acid groups (broad SMARTS) is 1. The van der Waals surface area contributed by atoms with Gasteiger partial charge in [0, 0.05) is 16.6 Å². The third-order valence-corrected chi connectivity index (χ3v) is 3.38. The molecule has 5 nitrogen and oxygen atoms in total. The molecule has 0 aliphatic rings. The van der Waals surface area contributed by atoms with E-state index < -0.39 is 12.0 Å². The van der Waals surface area contributed by atoms with Gasteiger partial charge < -0.3 is 15.4 Å². The highest BCUT2D eigenvalue weighted by Crippen LogP contribution is 2.21. The van der Waals surface area contributed by atoms with Crippen LogP contribution in [0.25, 0.3) is 10.9 Å². The second-order valence-corrected chi connectivity index (χ2v) is 4.90. The second-order valence-electron chi connectivity index (χ2n) is 4.90. The zero-order valence-corrected chi connectivity index (χ0v) is 11.8. The highest BCUT2D eigenvalue weighted by atomic mass is 16.4. The summed E-state index contributed by atoms with van der Waals surface area (Å²) in [4.78, 5) is 26.7. The van der Waals surface area contributed by atoms with E-state index in [0.717, 1.165) is 16.6 Å². The number of hydrogen-bond donors (Lipinski definition) is 3. The average Bonchev–Trinajstić information content (AvgIpc) is 2.78. The molecule has 1 atom stereocenters. The van der Waals surface area contributed by atoms with Crippen molar-refractivity contribution in [3.05, 3.63) is 48.2 Å². The first kappa shape index (κ1) is 14.8. The molecule has 0 aliphatic heterocycles. The Kier molecular flexibility index (Phi) is 4.42. The van der Waals surface area contributed by atoms with Crippen LogP contribution in [0.2, 0.25) is 0 Å². The molecule has 0 fully saturated rings. The molecule has 1 aromatic carbocycles. The van der Waals surface area contributed by atoms with Crippen molar-refractivity contribution in [3.8, 4) is 0 Å². The number of carbonyl (C=O) groups is 2. The van der Waals surface area contributed by atoms with Crippen LogP contribution in [0.1, 0.15) is 28.9 Å². The Balaban J connectivity index is 2.27. The van der Waals surface area contributed by atoms with E-state index in [1.165, 1.54) is 0 Å². The van der Waals surface area contributed by atoms with Crippen molar-refractivity contribution < 1.29 is 14.7 Å². The third-order valence-electron chi connectivity index (χ3n) is 3.38. The number of allylic oxidation sites excluding steroid dienone is 1. The van der Waals surface area contributed by atoms with Crippen LogP contribution in [0.15, 0.2) is 36.9 Å². The molecule has 3 N–H and O–H groups in total. The zero-order valence-electron chi connectivity index (χ0n) is 11.8. The lowest BCUT2D eigenvalue weighted by molar-refractivity contribution is -0.139. The minimum Gasteiger partial charge on any atom is -0.480 e. The maximum atomic E-state index is 12.4. The van der Waals surface area contributed by atoms with Crippen LogP contribution >= 0.6 is 0 Å². The standard InChI is InChI=1S/C16H18N2O3/c1-3-4-8-13(16(20)21)18-15(19)14-10(2)17-12-9-6-5-7-11(12)14/h3,5-7,9,13,17H,1,4,8H2,2H3,(H,18,19)(H,20,21). The van der Waals surface area contributed by atoms with Crippen LogP contribution in [-0.4, -0.2) is 28.0 Å². The fourth-order valence-electron chi connectivity index (χ4n) is 2.34. The molecule has 21 heavy (non-hydrogen) atoms. The molecule has 1 amide bonds. The zero-order chi connectivity index (χ0) is 15.4. The van der Waals surface area contributed by atoms with E-state index in [-0.39, 0.29) is 5.91 Å². The van der Waals surface area contributed by atoms with E-state index in [0.29, 0.717) is 18.4 Å². The van der Waals surface area contributed by atoms with Gasteiger partial charge in [0.25, 0.3) is 5.91 Å². The quantitative estimate of drug-likeness (QED) is 0.714. The van der Waals surface area contributed by atoms with Crippen molar-refractivity contribution in [2.75, 3.05) is 0 Å². The molecular weight excluding hydrogens is 268 g/mol. The number of H-pyrrole nitrogens is 1. The van der Waals surface area contributed by atoms with Gasteiger partial charge in [-0.2, -0.15) is 0 Å². The van der Waals surface area contributed by atoms with Gasteiger partial charge in [0.05, 0.1) is 5.56 Å². The molecule has 0 aliphatic carbocycles. The summed E-state index contributed by atoms with van der Waals surface area (Å²) >= 11 is 0. The van der Waals surface area contributed by atoms with E-state index in [1.54, 1.807) is 13.0 Å². The highest BCUT2D eigenvalue weighted by Gasteiger charge is 2.22. The molecule has 2 aromatic rings. The molecule has 2 rings (SSSR count). The molecule has 5 heteroatoms. The normalized spacial score (nSPS) is 12.0. The fraction of sp³-hybridized carbons (Fsp3) is 0.250. The van der Waals surface area contributed by atoms with E-state index >= 15 is 0 Å². The number of rotatable bonds is 6. The predicted octanol–water partition coefficient (Wildman–Crippen LogP) is 2.63. The van der Waals surface area contributed by atoms with Gasteiger partial charge in [0.15, 0.2) is 0 Å². The van der Waals surface area contributed by atoms with Crippen molar-refractivity contribution in [2.45, 2.75) is 25.8 Å². The third kappa shape index (κ3) is 3.13. The Labute approximate surface area is 122 Å². The molecule has 0 saturated heterocycles. The second kappa shape index (κ2) is 6.26. The number of fused-ring (bicyclic) bond motifs is 1.